The predicted molar refractivity (Wildman–Crippen MR) is 101 cm³/mol. The van der Waals surface area contributed by atoms with Crippen molar-refractivity contribution in [1.82, 2.24) is 13.9 Å². The van der Waals surface area contributed by atoms with Gasteiger partial charge in [-0.25, -0.2) is 17.9 Å². The normalized spacial score (nSPS) is 11.5. The molecule has 1 aromatic carbocycles. The molecule has 0 saturated heterocycles. The van der Waals surface area contributed by atoms with Gasteiger partial charge in [0.1, 0.15) is 0 Å². The zero-order chi connectivity index (χ0) is 19.5. The molecular weight excluding hydrogens is 356 g/mol. The van der Waals surface area contributed by atoms with E-state index in [1.165, 1.54) is 14.1 Å². The highest BCUT2D eigenvalue weighted by molar-refractivity contribution is 7.89. The third-order valence-corrected chi connectivity index (χ3v) is 5.57. The maximum atomic E-state index is 12.5. The standard InChI is InChI=1S/C17H24N4O4S/c1-5-21(14-8-6-7-13(2)11-14)10-9-18-26(24,25)15-12-19(3)17(23)20(4)16(15)22/h6-8,11-12,18H,5,9-10H2,1-4H3. The molecule has 2 aromatic rings. The van der Waals surface area contributed by atoms with Gasteiger partial charge in [-0.05, 0) is 31.5 Å². The number of sulfonamides is 1. The van der Waals surface area contributed by atoms with Crippen molar-refractivity contribution in [3.05, 3.63) is 56.9 Å². The fraction of sp³-hybridized carbons (Fsp3) is 0.412. The molecule has 0 atom stereocenters. The van der Waals surface area contributed by atoms with Crippen LogP contribution >= 0.6 is 0 Å². The molecule has 142 valence electrons. The first kappa shape index (κ1) is 19.9. The van der Waals surface area contributed by atoms with Crippen LogP contribution in [-0.4, -0.2) is 37.2 Å². The summed E-state index contributed by atoms with van der Waals surface area (Å²) in [7, 11) is -1.37. The lowest BCUT2D eigenvalue weighted by Gasteiger charge is -2.23. The summed E-state index contributed by atoms with van der Waals surface area (Å²) >= 11 is 0. The monoisotopic (exact) mass is 380 g/mol. The Morgan fingerprint density at radius 1 is 1.19 bits per heavy atom. The molecule has 0 aliphatic rings. The summed E-state index contributed by atoms with van der Waals surface area (Å²) < 4.78 is 29.2. The number of hydrogen-bond donors (Lipinski definition) is 1. The molecule has 26 heavy (non-hydrogen) atoms. The summed E-state index contributed by atoms with van der Waals surface area (Å²) in [5.74, 6) is 0. The quantitative estimate of drug-likeness (QED) is 0.741. The first-order valence-corrected chi connectivity index (χ1v) is 9.73. The van der Waals surface area contributed by atoms with Gasteiger partial charge in [-0.2, -0.15) is 0 Å². The van der Waals surface area contributed by atoms with Crippen LogP contribution in [0.2, 0.25) is 0 Å². The van der Waals surface area contributed by atoms with E-state index >= 15 is 0 Å². The molecule has 0 aliphatic heterocycles. The van der Waals surface area contributed by atoms with E-state index in [2.05, 4.69) is 4.72 Å². The van der Waals surface area contributed by atoms with Crippen molar-refractivity contribution in [3.63, 3.8) is 0 Å². The number of nitrogens with one attached hydrogen (secondary N) is 1. The average Bonchev–Trinajstić information content (AvgIpc) is 2.59. The predicted octanol–water partition coefficient (Wildman–Crippen LogP) is 0.197. The molecule has 2 rings (SSSR count). The van der Waals surface area contributed by atoms with Crippen LogP contribution in [0.15, 0.2) is 44.9 Å². The van der Waals surface area contributed by atoms with Crippen LogP contribution in [0.1, 0.15) is 12.5 Å². The molecule has 1 aromatic heterocycles. The van der Waals surface area contributed by atoms with Gasteiger partial charge < -0.3 is 9.47 Å². The molecule has 0 radical (unpaired) electrons. The highest BCUT2D eigenvalue weighted by Gasteiger charge is 2.21. The van der Waals surface area contributed by atoms with Gasteiger partial charge in [-0.1, -0.05) is 12.1 Å². The Morgan fingerprint density at radius 3 is 2.50 bits per heavy atom. The van der Waals surface area contributed by atoms with Gasteiger partial charge >= 0.3 is 5.69 Å². The topological polar surface area (TPSA) is 93.4 Å². The van der Waals surface area contributed by atoms with Crippen molar-refractivity contribution in [3.8, 4) is 0 Å². The summed E-state index contributed by atoms with van der Waals surface area (Å²) in [5.41, 5.74) is 0.706. The Bertz CT molecular complexity index is 1010. The molecule has 1 N–H and O–H groups in total. The van der Waals surface area contributed by atoms with E-state index in [1.54, 1.807) is 0 Å². The Kier molecular flexibility index (Phi) is 6.04. The van der Waals surface area contributed by atoms with Crippen molar-refractivity contribution in [2.24, 2.45) is 14.1 Å². The van der Waals surface area contributed by atoms with Crippen molar-refractivity contribution >= 4 is 15.7 Å². The molecule has 0 saturated carbocycles. The van der Waals surface area contributed by atoms with E-state index < -0.39 is 26.2 Å². The van der Waals surface area contributed by atoms with Gasteiger partial charge in [0.15, 0.2) is 4.90 Å². The lowest BCUT2D eigenvalue weighted by atomic mass is 10.2. The number of aromatic nitrogens is 2. The second-order valence-corrected chi connectivity index (χ2v) is 7.80. The van der Waals surface area contributed by atoms with Crippen LogP contribution < -0.4 is 20.9 Å². The fourth-order valence-corrected chi connectivity index (χ4v) is 3.83. The summed E-state index contributed by atoms with van der Waals surface area (Å²) in [6.45, 7) is 5.28. The number of benzene rings is 1. The van der Waals surface area contributed by atoms with E-state index in [1.807, 2.05) is 43.0 Å². The van der Waals surface area contributed by atoms with Gasteiger partial charge in [0.05, 0.1) is 0 Å². The van der Waals surface area contributed by atoms with E-state index in [0.29, 0.717) is 13.1 Å². The van der Waals surface area contributed by atoms with Crippen LogP contribution in [0.5, 0.6) is 0 Å². The molecule has 0 spiro atoms. The fourth-order valence-electron chi connectivity index (χ4n) is 2.65. The molecule has 0 amide bonds. The van der Waals surface area contributed by atoms with Crippen LogP contribution in [0.3, 0.4) is 0 Å². The van der Waals surface area contributed by atoms with Gasteiger partial charge in [0, 0.05) is 45.6 Å². The maximum Gasteiger partial charge on any atom is 0.330 e. The van der Waals surface area contributed by atoms with E-state index in [-0.39, 0.29) is 6.54 Å². The summed E-state index contributed by atoms with van der Waals surface area (Å²) in [6, 6.07) is 7.94. The van der Waals surface area contributed by atoms with Gasteiger partial charge in [0.25, 0.3) is 5.56 Å². The molecule has 1 heterocycles. The van der Waals surface area contributed by atoms with Crippen LogP contribution in [-0.2, 0) is 24.1 Å². The van der Waals surface area contributed by atoms with Gasteiger partial charge in [-0.15, -0.1) is 0 Å². The zero-order valence-electron chi connectivity index (χ0n) is 15.4. The highest BCUT2D eigenvalue weighted by Crippen LogP contribution is 2.15. The van der Waals surface area contributed by atoms with Crippen LogP contribution in [0, 0.1) is 6.92 Å². The van der Waals surface area contributed by atoms with Gasteiger partial charge in [0.2, 0.25) is 10.0 Å². The maximum absolute atomic E-state index is 12.5. The molecule has 0 fully saturated rings. The Morgan fingerprint density at radius 2 is 1.88 bits per heavy atom. The minimum Gasteiger partial charge on any atom is -0.370 e. The largest absolute Gasteiger partial charge is 0.370 e. The Hall–Kier alpha value is -2.39. The number of aryl methyl sites for hydroxylation is 2. The second-order valence-electron chi connectivity index (χ2n) is 6.07. The SMILES string of the molecule is CCN(CCNS(=O)(=O)c1cn(C)c(=O)n(C)c1=O)c1cccc(C)c1. The third kappa shape index (κ3) is 4.23. The first-order chi connectivity index (χ1) is 12.2. The molecule has 9 heteroatoms. The van der Waals surface area contributed by atoms with Crippen molar-refractivity contribution in [1.29, 1.82) is 0 Å². The second kappa shape index (κ2) is 7.88. The summed E-state index contributed by atoms with van der Waals surface area (Å²) in [5, 5.41) is 0. The average molecular weight is 380 g/mol. The minimum absolute atomic E-state index is 0.135. The molecule has 8 nitrogen and oxygen atoms in total. The number of hydrogen-bond acceptors (Lipinski definition) is 5. The van der Waals surface area contributed by atoms with E-state index in [4.69, 9.17) is 0 Å². The zero-order valence-corrected chi connectivity index (χ0v) is 16.2. The summed E-state index contributed by atoms with van der Waals surface area (Å²) in [6.07, 6.45) is 1.05. The van der Waals surface area contributed by atoms with Crippen molar-refractivity contribution in [2.45, 2.75) is 18.7 Å². The summed E-state index contributed by atoms with van der Waals surface area (Å²) in [4.78, 5) is 25.4. The third-order valence-electron chi connectivity index (χ3n) is 4.13. The highest BCUT2D eigenvalue weighted by atomic mass is 32.2. The smallest absolute Gasteiger partial charge is 0.330 e. The Balaban J connectivity index is 2.16. The molecule has 0 bridgehead atoms. The Labute approximate surface area is 152 Å². The minimum atomic E-state index is -4.02. The lowest BCUT2D eigenvalue weighted by molar-refractivity contribution is 0.570. The van der Waals surface area contributed by atoms with E-state index in [9.17, 15) is 18.0 Å². The van der Waals surface area contributed by atoms with E-state index in [0.717, 1.165) is 26.6 Å². The number of anilines is 1. The number of nitrogens with zero attached hydrogens (tertiary/aromatic N) is 3. The molecular formula is C17H24N4O4S. The molecule has 0 unspecified atom stereocenters. The van der Waals surface area contributed by atoms with Crippen LogP contribution in [0.4, 0.5) is 5.69 Å². The first-order valence-electron chi connectivity index (χ1n) is 8.25. The molecule has 0 aliphatic carbocycles. The van der Waals surface area contributed by atoms with Crippen molar-refractivity contribution in [2.75, 3.05) is 24.5 Å². The lowest BCUT2D eigenvalue weighted by Crippen LogP contribution is -2.42. The van der Waals surface area contributed by atoms with Crippen LogP contribution in [0.25, 0.3) is 0 Å². The van der Waals surface area contributed by atoms with Crippen molar-refractivity contribution < 1.29 is 8.42 Å². The van der Waals surface area contributed by atoms with Gasteiger partial charge in [-0.3, -0.25) is 9.36 Å². The number of likely N-dealkylation sites (N-methyl/N-ethyl adjacent to an activating group) is 1. The number of rotatable bonds is 7.